The molecule has 1 saturated carbocycles. The summed E-state index contributed by atoms with van der Waals surface area (Å²) in [6.45, 7) is 0. The topological polar surface area (TPSA) is 17.1 Å². The van der Waals surface area contributed by atoms with Crippen molar-refractivity contribution >= 4 is 21.7 Å². The zero-order valence-corrected chi connectivity index (χ0v) is 10.1. The standard InChI is InChI=1S/C13H13BrO/c14-10-3-4-11-9(8-10)2-5-12(15)13(11)6-1-7-13/h3-4,8H,1-2,5-7H2. The first-order valence-electron chi connectivity index (χ1n) is 5.55. The van der Waals surface area contributed by atoms with E-state index in [-0.39, 0.29) is 5.41 Å². The summed E-state index contributed by atoms with van der Waals surface area (Å²) in [5.74, 6) is 0.476. The number of ketones is 1. The van der Waals surface area contributed by atoms with Crippen LogP contribution in [0.4, 0.5) is 0 Å². The lowest BCUT2D eigenvalue weighted by atomic mass is 9.57. The third kappa shape index (κ3) is 1.24. The second kappa shape index (κ2) is 3.18. The van der Waals surface area contributed by atoms with Gasteiger partial charge < -0.3 is 0 Å². The summed E-state index contributed by atoms with van der Waals surface area (Å²) in [5, 5.41) is 0. The first-order valence-corrected chi connectivity index (χ1v) is 6.34. The molecule has 0 radical (unpaired) electrons. The van der Waals surface area contributed by atoms with Crippen molar-refractivity contribution in [2.75, 3.05) is 0 Å². The van der Waals surface area contributed by atoms with E-state index in [1.54, 1.807) is 0 Å². The number of hydrogen-bond donors (Lipinski definition) is 0. The third-order valence-corrected chi connectivity index (χ3v) is 4.44. The molecule has 0 amide bonds. The molecule has 1 fully saturated rings. The Hall–Kier alpha value is -0.630. The maximum Gasteiger partial charge on any atom is 0.143 e. The van der Waals surface area contributed by atoms with Crippen LogP contribution in [0.2, 0.25) is 0 Å². The molecule has 2 aliphatic carbocycles. The zero-order valence-electron chi connectivity index (χ0n) is 8.55. The van der Waals surface area contributed by atoms with Gasteiger partial charge in [-0.05, 0) is 42.5 Å². The number of rotatable bonds is 0. The van der Waals surface area contributed by atoms with Crippen LogP contribution in [0.15, 0.2) is 22.7 Å². The van der Waals surface area contributed by atoms with Crippen LogP contribution in [-0.4, -0.2) is 5.78 Å². The quantitative estimate of drug-likeness (QED) is 0.702. The summed E-state index contributed by atoms with van der Waals surface area (Å²) in [6, 6.07) is 6.40. The van der Waals surface area contributed by atoms with Crippen molar-refractivity contribution in [3.63, 3.8) is 0 Å². The fourth-order valence-electron chi connectivity index (χ4n) is 2.95. The number of hydrogen-bond acceptors (Lipinski definition) is 1. The van der Waals surface area contributed by atoms with Gasteiger partial charge in [0, 0.05) is 10.9 Å². The highest BCUT2D eigenvalue weighted by atomic mass is 79.9. The van der Waals surface area contributed by atoms with Gasteiger partial charge >= 0.3 is 0 Å². The predicted octanol–water partition coefficient (Wildman–Crippen LogP) is 3.39. The smallest absolute Gasteiger partial charge is 0.143 e. The Bertz CT molecular complexity index is 432. The van der Waals surface area contributed by atoms with Gasteiger partial charge in [-0.1, -0.05) is 28.4 Å². The molecule has 1 spiro atoms. The summed E-state index contributed by atoms with van der Waals surface area (Å²) >= 11 is 3.50. The van der Waals surface area contributed by atoms with Crippen LogP contribution >= 0.6 is 15.9 Å². The van der Waals surface area contributed by atoms with Crippen molar-refractivity contribution in [3.8, 4) is 0 Å². The molecule has 0 heterocycles. The monoisotopic (exact) mass is 264 g/mol. The highest BCUT2D eigenvalue weighted by molar-refractivity contribution is 9.10. The summed E-state index contributed by atoms with van der Waals surface area (Å²) in [6.07, 6.45) is 5.01. The number of fused-ring (bicyclic) bond motifs is 2. The number of carbonyl (C=O) groups is 1. The minimum Gasteiger partial charge on any atom is -0.299 e. The van der Waals surface area contributed by atoms with E-state index in [9.17, 15) is 4.79 Å². The van der Waals surface area contributed by atoms with Crippen molar-refractivity contribution < 1.29 is 4.79 Å². The molecule has 1 aromatic rings. The van der Waals surface area contributed by atoms with Gasteiger partial charge in [0.1, 0.15) is 5.78 Å². The summed E-state index contributed by atoms with van der Waals surface area (Å²) in [7, 11) is 0. The Morgan fingerprint density at radius 2 is 2.00 bits per heavy atom. The molecule has 2 aliphatic rings. The van der Waals surface area contributed by atoms with Crippen molar-refractivity contribution in [1.82, 2.24) is 0 Å². The lowest BCUT2D eigenvalue weighted by molar-refractivity contribution is -0.128. The molecule has 1 aromatic carbocycles. The van der Waals surface area contributed by atoms with Gasteiger partial charge in [0.25, 0.3) is 0 Å². The fraction of sp³-hybridized carbons (Fsp3) is 0.462. The van der Waals surface area contributed by atoms with E-state index < -0.39 is 0 Å². The van der Waals surface area contributed by atoms with E-state index in [2.05, 4.69) is 34.1 Å². The molecule has 0 aliphatic heterocycles. The minimum absolute atomic E-state index is 0.0751. The van der Waals surface area contributed by atoms with Gasteiger partial charge in [0.15, 0.2) is 0 Å². The average Bonchev–Trinajstić information content (AvgIpc) is 2.15. The Labute approximate surface area is 98.0 Å². The van der Waals surface area contributed by atoms with E-state index in [0.717, 1.165) is 30.2 Å². The molecule has 0 N–H and O–H groups in total. The van der Waals surface area contributed by atoms with Gasteiger partial charge in [-0.25, -0.2) is 0 Å². The third-order valence-electron chi connectivity index (χ3n) is 3.95. The van der Waals surface area contributed by atoms with Gasteiger partial charge in [0.2, 0.25) is 0 Å². The largest absolute Gasteiger partial charge is 0.299 e. The molecule has 78 valence electrons. The predicted molar refractivity (Wildman–Crippen MR) is 63.0 cm³/mol. The van der Waals surface area contributed by atoms with E-state index >= 15 is 0 Å². The molecule has 0 bridgehead atoms. The SMILES string of the molecule is O=C1CCc2cc(Br)ccc2C12CCC2. The Morgan fingerprint density at radius 3 is 2.67 bits per heavy atom. The minimum atomic E-state index is -0.0751. The Balaban J connectivity index is 2.16. The fourth-order valence-corrected chi connectivity index (χ4v) is 3.36. The molecule has 2 heteroatoms. The number of aryl methyl sites for hydroxylation is 1. The molecule has 0 unspecified atom stereocenters. The molecule has 1 nitrogen and oxygen atoms in total. The average molecular weight is 265 g/mol. The number of halogens is 1. The summed E-state index contributed by atoms with van der Waals surface area (Å²) in [5.41, 5.74) is 2.62. The molecular formula is C13H13BrO. The second-order valence-electron chi connectivity index (χ2n) is 4.66. The molecule has 0 aromatic heterocycles. The van der Waals surface area contributed by atoms with E-state index in [0.29, 0.717) is 5.78 Å². The highest BCUT2D eigenvalue weighted by Gasteiger charge is 2.47. The zero-order chi connectivity index (χ0) is 10.5. The van der Waals surface area contributed by atoms with E-state index in [1.807, 2.05) is 0 Å². The van der Waals surface area contributed by atoms with Crippen LogP contribution in [0.25, 0.3) is 0 Å². The lowest BCUT2D eigenvalue weighted by Gasteiger charge is -2.44. The lowest BCUT2D eigenvalue weighted by Crippen LogP contribution is -2.45. The summed E-state index contributed by atoms with van der Waals surface area (Å²) in [4.78, 5) is 12.0. The van der Waals surface area contributed by atoms with Crippen molar-refractivity contribution in [1.29, 1.82) is 0 Å². The van der Waals surface area contributed by atoms with E-state index in [1.165, 1.54) is 17.5 Å². The van der Waals surface area contributed by atoms with Crippen molar-refractivity contribution in [2.24, 2.45) is 0 Å². The maximum atomic E-state index is 12.0. The first kappa shape index (κ1) is 9.59. The number of benzene rings is 1. The van der Waals surface area contributed by atoms with Crippen LogP contribution < -0.4 is 0 Å². The van der Waals surface area contributed by atoms with Crippen LogP contribution in [0.3, 0.4) is 0 Å². The van der Waals surface area contributed by atoms with Crippen molar-refractivity contribution in [2.45, 2.75) is 37.5 Å². The van der Waals surface area contributed by atoms with Gasteiger partial charge in [-0.2, -0.15) is 0 Å². The second-order valence-corrected chi connectivity index (χ2v) is 5.58. The van der Waals surface area contributed by atoms with Crippen molar-refractivity contribution in [3.05, 3.63) is 33.8 Å². The first-order chi connectivity index (χ1) is 7.22. The summed E-state index contributed by atoms with van der Waals surface area (Å²) < 4.78 is 1.13. The Morgan fingerprint density at radius 1 is 1.20 bits per heavy atom. The van der Waals surface area contributed by atoms with Crippen LogP contribution in [0.1, 0.15) is 36.8 Å². The molecule has 0 atom stereocenters. The highest BCUT2D eigenvalue weighted by Crippen LogP contribution is 2.49. The van der Waals surface area contributed by atoms with Crippen LogP contribution in [0.5, 0.6) is 0 Å². The van der Waals surface area contributed by atoms with Gasteiger partial charge in [-0.3, -0.25) is 4.79 Å². The van der Waals surface area contributed by atoms with Gasteiger partial charge in [-0.15, -0.1) is 0 Å². The molecule has 15 heavy (non-hydrogen) atoms. The molecular weight excluding hydrogens is 252 g/mol. The number of Topliss-reactive ketones (excluding diaryl/α,β-unsaturated/α-hetero) is 1. The maximum absolute atomic E-state index is 12.0. The number of carbonyl (C=O) groups excluding carboxylic acids is 1. The molecule has 3 rings (SSSR count). The van der Waals surface area contributed by atoms with Crippen LogP contribution in [0, 0.1) is 0 Å². The van der Waals surface area contributed by atoms with Gasteiger partial charge in [0.05, 0.1) is 5.41 Å². The van der Waals surface area contributed by atoms with E-state index in [4.69, 9.17) is 0 Å². The van der Waals surface area contributed by atoms with Crippen LogP contribution in [-0.2, 0) is 16.6 Å². The normalized spacial score (nSPS) is 22.3. The Kier molecular flexibility index (Phi) is 2.03. The molecule has 0 saturated heterocycles.